The lowest BCUT2D eigenvalue weighted by Gasteiger charge is -2.20. The molecule has 1 heterocycles. The Balaban J connectivity index is 1.92. The fourth-order valence-corrected chi connectivity index (χ4v) is 2.37. The molecule has 0 saturated carbocycles. The Kier molecular flexibility index (Phi) is 5.38. The van der Waals surface area contributed by atoms with Gasteiger partial charge >= 0.3 is 6.09 Å². The fraction of sp³-hybridized carbons (Fsp3) is 0.375. The molecule has 0 aliphatic carbocycles. The molecule has 118 valence electrons. The van der Waals surface area contributed by atoms with Crippen LogP contribution in [0.2, 0.25) is 0 Å². The predicted octanol–water partition coefficient (Wildman–Crippen LogP) is 3.78. The van der Waals surface area contributed by atoms with E-state index in [1.54, 1.807) is 11.3 Å². The number of benzene rings is 1. The average Bonchev–Trinajstić information content (AvgIpc) is 2.95. The van der Waals surface area contributed by atoms with E-state index in [4.69, 9.17) is 4.74 Å². The second-order valence-corrected chi connectivity index (χ2v) is 6.80. The van der Waals surface area contributed by atoms with Crippen molar-refractivity contribution in [3.63, 3.8) is 0 Å². The van der Waals surface area contributed by atoms with E-state index in [9.17, 15) is 4.79 Å². The van der Waals surface area contributed by atoms with Crippen molar-refractivity contribution in [2.24, 2.45) is 0 Å². The predicted molar refractivity (Wildman–Crippen MR) is 89.0 cm³/mol. The van der Waals surface area contributed by atoms with Crippen LogP contribution in [-0.2, 0) is 17.8 Å². The highest BCUT2D eigenvalue weighted by atomic mass is 32.1. The number of hydrogen-bond donors (Lipinski definition) is 2. The number of anilines is 1. The highest BCUT2D eigenvalue weighted by molar-refractivity contribution is 7.09. The zero-order valence-electron chi connectivity index (χ0n) is 13.1. The quantitative estimate of drug-likeness (QED) is 0.880. The zero-order chi connectivity index (χ0) is 16.0. The van der Waals surface area contributed by atoms with Crippen LogP contribution < -0.4 is 10.6 Å². The number of amides is 1. The van der Waals surface area contributed by atoms with Crippen molar-refractivity contribution in [1.82, 2.24) is 10.3 Å². The third-order valence-electron chi connectivity index (χ3n) is 2.78. The minimum Gasteiger partial charge on any atom is -0.444 e. The molecule has 0 aliphatic heterocycles. The molecule has 2 rings (SSSR count). The molecule has 0 fully saturated rings. The standard InChI is InChI=1S/C16H21N3O2S/c1-16(2,3)21-15(20)19-8-12-6-4-5-7-14(12)18-10-13-9-17-11-22-13/h4-7,9,11,18H,8,10H2,1-3H3,(H,19,20). The van der Waals surface area contributed by atoms with Gasteiger partial charge in [0.2, 0.25) is 0 Å². The summed E-state index contributed by atoms with van der Waals surface area (Å²) < 4.78 is 5.24. The highest BCUT2D eigenvalue weighted by Crippen LogP contribution is 2.17. The molecular formula is C16H21N3O2S. The van der Waals surface area contributed by atoms with Gasteiger partial charge in [-0.3, -0.25) is 4.98 Å². The summed E-state index contributed by atoms with van der Waals surface area (Å²) in [4.78, 5) is 16.9. The SMILES string of the molecule is CC(C)(C)OC(=O)NCc1ccccc1NCc1cncs1. The zero-order valence-corrected chi connectivity index (χ0v) is 13.9. The molecule has 6 heteroatoms. The van der Waals surface area contributed by atoms with Gasteiger partial charge in [-0.2, -0.15) is 0 Å². The van der Waals surface area contributed by atoms with Gasteiger partial charge in [-0.1, -0.05) is 18.2 Å². The Morgan fingerprint density at radius 3 is 2.73 bits per heavy atom. The first-order valence-electron chi connectivity index (χ1n) is 7.10. The van der Waals surface area contributed by atoms with E-state index in [0.29, 0.717) is 13.1 Å². The third kappa shape index (κ3) is 5.37. The van der Waals surface area contributed by atoms with Gasteiger partial charge in [0.1, 0.15) is 5.60 Å². The van der Waals surface area contributed by atoms with Crippen molar-refractivity contribution < 1.29 is 9.53 Å². The van der Waals surface area contributed by atoms with Crippen LogP contribution in [0.15, 0.2) is 36.0 Å². The van der Waals surface area contributed by atoms with Crippen molar-refractivity contribution in [3.8, 4) is 0 Å². The average molecular weight is 319 g/mol. The smallest absolute Gasteiger partial charge is 0.407 e. The van der Waals surface area contributed by atoms with Gasteiger partial charge in [-0.05, 0) is 32.4 Å². The number of hydrogen-bond acceptors (Lipinski definition) is 5. The fourth-order valence-electron chi connectivity index (χ4n) is 1.84. The first-order valence-corrected chi connectivity index (χ1v) is 7.98. The summed E-state index contributed by atoms with van der Waals surface area (Å²) in [5.74, 6) is 0. The summed E-state index contributed by atoms with van der Waals surface area (Å²) in [7, 11) is 0. The second kappa shape index (κ2) is 7.26. The van der Waals surface area contributed by atoms with Crippen molar-refractivity contribution in [3.05, 3.63) is 46.4 Å². The molecule has 2 N–H and O–H groups in total. The Labute approximate surface area is 134 Å². The van der Waals surface area contributed by atoms with E-state index in [1.165, 1.54) is 0 Å². The summed E-state index contributed by atoms with van der Waals surface area (Å²) in [6.45, 7) is 6.67. The lowest BCUT2D eigenvalue weighted by Crippen LogP contribution is -2.32. The molecule has 0 unspecified atom stereocenters. The third-order valence-corrected chi connectivity index (χ3v) is 3.56. The summed E-state index contributed by atoms with van der Waals surface area (Å²) in [5, 5.41) is 6.14. The number of nitrogens with one attached hydrogen (secondary N) is 2. The first kappa shape index (κ1) is 16.3. The number of aromatic nitrogens is 1. The number of para-hydroxylation sites is 1. The highest BCUT2D eigenvalue weighted by Gasteiger charge is 2.16. The van der Waals surface area contributed by atoms with Crippen LogP contribution in [0.1, 0.15) is 31.2 Å². The second-order valence-electron chi connectivity index (χ2n) is 5.83. The van der Waals surface area contributed by atoms with Gasteiger partial charge in [0.05, 0.1) is 12.1 Å². The van der Waals surface area contributed by atoms with Crippen LogP contribution in [0.25, 0.3) is 0 Å². The Morgan fingerprint density at radius 1 is 1.27 bits per heavy atom. The van der Waals surface area contributed by atoms with E-state index in [0.717, 1.165) is 16.1 Å². The Hall–Kier alpha value is -2.08. The van der Waals surface area contributed by atoms with Gasteiger partial charge in [0.25, 0.3) is 0 Å². The van der Waals surface area contributed by atoms with Crippen LogP contribution >= 0.6 is 11.3 Å². The molecule has 0 spiro atoms. The maximum absolute atomic E-state index is 11.7. The van der Waals surface area contributed by atoms with Crippen LogP contribution in [0.4, 0.5) is 10.5 Å². The van der Waals surface area contributed by atoms with E-state index in [2.05, 4.69) is 15.6 Å². The van der Waals surface area contributed by atoms with Crippen LogP contribution in [-0.4, -0.2) is 16.7 Å². The Morgan fingerprint density at radius 2 is 2.05 bits per heavy atom. The maximum atomic E-state index is 11.7. The monoisotopic (exact) mass is 319 g/mol. The molecule has 0 radical (unpaired) electrons. The number of alkyl carbamates (subject to hydrolysis) is 1. The topological polar surface area (TPSA) is 63.2 Å². The first-order chi connectivity index (χ1) is 10.4. The number of nitrogens with zero attached hydrogens (tertiary/aromatic N) is 1. The van der Waals surface area contributed by atoms with Crippen LogP contribution in [0.3, 0.4) is 0 Å². The lowest BCUT2D eigenvalue weighted by atomic mass is 10.1. The van der Waals surface area contributed by atoms with E-state index in [1.807, 2.05) is 56.7 Å². The summed E-state index contributed by atoms with van der Waals surface area (Å²) in [6.07, 6.45) is 1.43. The molecule has 1 aromatic heterocycles. The van der Waals surface area contributed by atoms with Gasteiger partial charge in [0.15, 0.2) is 0 Å². The van der Waals surface area contributed by atoms with Gasteiger partial charge < -0.3 is 15.4 Å². The molecule has 2 aromatic rings. The van der Waals surface area contributed by atoms with Crippen LogP contribution in [0, 0.1) is 0 Å². The van der Waals surface area contributed by atoms with Crippen molar-refractivity contribution in [1.29, 1.82) is 0 Å². The summed E-state index contributed by atoms with van der Waals surface area (Å²) in [6, 6.07) is 7.88. The number of carbonyl (C=O) groups is 1. The van der Waals surface area contributed by atoms with E-state index < -0.39 is 11.7 Å². The summed E-state index contributed by atoms with van der Waals surface area (Å²) in [5.41, 5.74) is 3.32. The maximum Gasteiger partial charge on any atom is 0.407 e. The lowest BCUT2D eigenvalue weighted by molar-refractivity contribution is 0.0523. The van der Waals surface area contributed by atoms with E-state index >= 15 is 0 Å². The minimum absolute atomic E-state index is 0.412. The molecule has 0 atom stereocenters. The summed E-state index contributed by atoms with van der Waals surface area (Å²) >= 11 is 1.61. The molecule has 0 aliphatic rings. The van der Waals surface area contributed by atoms with Gasteiger partial charge in [-0.15, -0.1) is 11.3 Å². The molecule has 22 heavy (non-hydrogen) atoms. The Bertz CT molecular complexity index is 606. The minimum atomic E-state index is -0.492. The van der Waals surface area contributed by atoms with Crippen molar-refractivity contribution >= 4 is 23.1 Å². The molecule has 0 bridgehead atoms. The largest absolute Gasteiger partial charge is 0.444 e. The molecular weight excluding hydrogens is 298 g/mol. The van der Waals surface area contributed by atoms with Crippen molar-refractivity contribution in [2.45, 2.75) is 39.5 Å². The molecule has 5 nitrogen and oxygen atoms in total. The van der Waals surface area contributed by atoms with Gasteiger partial charge in [-0.25, -0.2) is 4.79 Å². The molecule has 0 saturated heterocycles. The number of carbonyl (C=O) groups excluding carboxylic acids is 1. The normalized spacial score (nSPS) is 11.0. The van der Waals surface area contributed by atoms with E-state index in [-0.39, 0.29) is 0 Å². The number of rotatable bonds is 5. The molecule has 1 aromatic carbocycles. The number of ether oxygens (including phenoxy) is 1. The van der Waals surface area contributed by atoms with Crippen molar-refractivity contribution in [2.75, 3.05) is 5.32 Å². The van der Waals surface area contributed by atoms with Gasteiger partial charge in [0, 0.05) is 23.3 Å². The van der Waals surface area contributed by atoms with Crippen LogP contribution in [0.5, 0.6) is 0 Å². The number of thiazole rings is 1. The molecule has 1 amide bonds.